The first kappa shape index (κ1) is 14.4. The van der Waals surface area contributed by atoms with E-state index in [9.17, 15) is 9.90 Å². The Kier molecular flexibility index (Phi) is 9.52. The molecule has 15 heavy (non-hydrogen) atoms. The van der Waals surface area contributed by atoms with Crippen molar-refractivity contribution in [2.24, 2.45) is 0 Å². The minimum Gasteiger partial charge on any atom is -0.393 e. The number of hydrogen-bond acceptors (Lipinski definition) is 3. The first-order valence-corrected chi connectivity index (χ1v) is 5.86. The summed E-state index contributed by atoms with van der Waals surface area (Å²) >= 11 is 0. The molecule has 0 bridgehead atoms. The van der Waals surface area contributed by atoms with Crippen LogP contribution in [0.5, 0.6) is 0 Å². The summed E-state index contributed by atoms with van der Waals surface area (Å²) in [6.07, 6.45) is 3.35. The summed E-state index contributed by atoms with van der Waals surface area (Å²) in [6, 6.07) is 0. The molecule has 0 aromatic heterocycles. The van der Waals surface area contributed by atoms with Gasteiger partial charge in [-0.25, -0.2) is 0 Å². The third kappa shape index (κ3) is 9.69. The minimum atomic E-state index is -0.249. The molecule has 1 amide bonds. The van der Waals surface area contributed by atoms with Gasteiger partial charge >= 0.3 is 0 Å². The molecular formula is C11H24N2O2. The molecule has 0 rings (SSSR count). The van der Waals surface area contributed by atoms with Crippen LogP contribution in [0.15, 0.2) is 0 Å². The lowest BCUT2D eigenvalue weighted by Gasteiger charge is -2.08. The molecule has 1 atom stereocenters. The van der Waals surface area contributed by atoms with Crippen molar-refractivity contribution in [1.82, 2.24) is 10.6 Å². The van der Waals surface area contributed by atoms with E-state index >= 15 is 0 Å². The number of unbranched alkanes of at least 4 members (excludes halogenated alkanes) is 1. The second kappa shape index (κ2) is 9.93. The van der Waals surface area contributed by atoms with E-state index in [1.807, 2.05) is 6.92 Å². The molecule has 0 saturated heterocycles. The molecule has 0 aromatic carbocycles. The van der Waals surface area contributed by atoms with E-state index in [0.29, 0.717) is 19.5 Å². The van der Waals surface area contributed by atoms with Gasteiger partial charge in [-0.2, -0.15) is 0 Å². The second-order valence-corrected chi connectivity index (χ2v) is 3.73. The van der Waals surface area contributed by atoms with Crippen molar-refractivity contribution >= 4 is 5.91 Å². The van der Waals surface area contributed by atoms with Gasteiger partial charge in [-0.05, 0) is 25.8 Å². The highest BCUT2D eigenvalue weighted by Crippen LogP contribution is 1.93. The van der Waals surface area contributed by atoms with Gasteiger partial charge in [0.25, 0.3) is 0 Å². The fourth-order valence-corrected chi connectivity index (χ4v) is 1.14. The van der Waals surface area contributed by atoms with Gasteiger partial charge in [-0.1, -0.05) is 20.3 Å². The molecule has 1 unspecified atom stereocenters. The fourth-order valence-electron chi connectivity index (χ4n) is 1.14. The molecule has 3 N–H and O–H groups in total. The average Bonchev–Trinajstić information content (AvgIpc) is 2.24. The number of carbonyl (C=O) groups excluding carboxylic acids is 1. The van der Waals surface area contributed by atoms with Gasteiger partial charge in [-0.3, -0.25) is 4.79 Å². The zero-order chi connectivity index (χ0) is 11.5. The Bertz CT molecular complexity index is 163. The molecule has 0 saturated carbocycles. The molecule has 0 aliphatic rings. The van der Waals surface area contributed by atoms with Crippen LogP contribution >= 0.6 is 0 Å². The van der Waals surface area contributed by atoms with E-state index in [1.54, 1.807) is 0 Å². The molecule has 4 heteroatoms. The number of carbonyl (C=O) groups is 1. The van der Waals surface area contributed by atoms with E-state index in [1.165, 1.54) is 0 Å². The highest BCUT2D eigenvalue weighted by Gasteiger charge is 2.01. The summed E-state index contributed by atoms with van der Waals surface area (Å²) < 4.78 is 0. The Morgan fingerprint density at radius 2 is 2.07 bits per heavy atom. The van der Waals surface area contributed by atoms with Crippen LogP contribution in [-0.2, 0) is 4.79 Å². The molecule has 0 spiro atoms. The van der Waals surface area contributed by atoms with Crippen molar-refractivity contribution in [2.45, 2.75) is 45.6 Å². The van der Waals surface area contributed by atoms with Crippen LogP contribution < -0.4 is 10.6 Å². The van der Waals surface area contributed by atoms with Gasteiger partial charge in [0, 0.05) is 6.54 Å². The molecule has 0 radical (unpaired) electrons. The van der Waals surface area contributed by atoms with Crippen molar-refractivity contribution in [2.75, 3.05) is 19.6 Å². The fraction of sp³-hybridized carbons (Fsp3) is 0.909. The van der Waals surface area contributed by atoms with Crippen LogP contribution in [-0.4, -0.2) is 36.8 Å². The number of hydrogen-bond donors (Lipinski definition) is 3. The highest BCUT2D eigenvalue weighted by molar-refractivity contribution is 5.77. The second-order valence-electron chi connectivity index (χ2n) is 3.73. The Balaban J connectivity index is 3.23. The van der Waals surface area contributed by atoms with E-state index in [2.05, 4.69) is 17.6 Å². The summed E-state index contributed by atoms with van der Waals surface area (Å²) in [5.41, 5.74) is 0. The van der Waals surface area contributed by atoms with Crippen LogP contribution in [0.3, 0.4) is 0 Å². The van der Waals surface area contributed by atoms with Gasteiger partial charge in [0.15, 0.2) is 0 Å². The third-order valence-electron chi connectivity index (χ3n) is 2.26. The van der Waals surface area contributed by atoms with Crippen LogP contribution in [0.4, 0.5) is 0 Å². The maximum Gasteiger partial charge on any atom is 0.233 e. The molecule has 4 nitrogen and oxygen atoms in total. The zero-order valence-corrected chi connectivity index (χ0v) is 9.88. The predicted molar refractivity (Wildman–Crippen MR) is 61.7 cm³/mol. The number of aliphatic hydroxyl groups is 1. The minimum absolute atomic E-state index is 0.0365. The molecule has 0 aliphatic heterocycles. The first-order valence-electron chi connectivity index (χ1n) is 5.86. The zero-order valence-electron chi connectivity index (χ0n) is 9.88. The van der Waals surface area contributed by atoms with E-state index in [-0.39, 0.29) is 12.0 Å². The Labute approximate surface area is 92.4 Å². The topological polar surface area (TPSA) is 61.4 Å². The van der Waals surface area contributed by atoms with Gasteiger partial charge in [-0.15, -0.1) is 0 Å². The lowest BCUT2D eigenvalue weighted by atomic mass is 10.2. The summed E-state index contributed by atoms with van der Waals surface area (Å²) in [6.45, 7) is 5.84. The lowest BCUT2D eigenvalue weighted by molar-refractivity contribution is -0.120. The van der Waals surface area contributed by atoms with Crippen LogP contribution in [0, 0.1) is 0 Å². The predicted octanol–water partition coefficient (Wildman–Crippen LogP) is 0.653. The van der Waals surface area contributed by atoms with Crippen molar-refractivity contribution in [3.05, 3.63) is 0 Å². The Morgan fingerprint density at radius 1 is 1.33 bits per heavy atom. The first-order chi connectivity index (χ1) is 7.20. The molecule has 0 fully saturated rings. The van der Waals surface area contributed by atoms with Crippen LogP contribution in [0.25, 0.3) is 0 Å². The smallest absolute Gasteiger partial charge is 0.233 e. The third-order valence-corrected chi connectivity index (χ3v) is 2.26. The van der Waals surface area contributed by atoms with E-state index < -0.39 is 0 Å². The largest absolute Gasteiger partial charge is 0.393 e. The Morgan fingerprint density at radius 3 is 2.67 bits per heavy atom. The number of aliphatic hydroxyl groups excluding tert-OH is 1. The lowest BCUT2D eigenvalue weighted by Crippen LogP contribution is -2.35. The molecule has 90 valence electrons. The Hall–Kier alpha value is -0.610. The van der Waals surface area contributed by atoms with Gasteiger partial charge in [0.1, 0.15) is 0 Å². The highest BCUT2D eigenvalue weighted by atomic mass is 16.3. The van der Waals surface area contributed by atoms with Gasteiger partial charge in [0.05, 0.1) is 12.6 Å². The number of rotatable bonds is 9. The number of nitrogens with one attached hydrogen (secondary N) is 2. The summed E-state index contributed by atoms with van der Waals surface area (Å²) in [5, 5.41) is 15.1. The van der Waals surface area contributed by atoms with Crippen LogP contribution in [0.1, 0.15) is 39.5 Å². The van der Waals surface area contributed by atoms with Crippen molar-refractivity contribution in [1.29, 1.82) is 0 Å². The maximum absolute atomic E-state index is 11.2. The molecule has 0 aliphatic carbocycles. The van der Waals surface area contributed by atoms with Crippen molar-refractivity contribution in [3.8, 4) is 0 Å². The van der Waals surface area contributed by atoms with E-state index in [0.717, 1.165) is 25.8 Å². The normalized spacial score (nSPS) is 12.5. The van der Waals surface area contributed by atoms with Crippen molar-refractivity contribution in [3.63, 3.8) is 0 Å². The number of amides is 1. The molecule has 0 aromatic rings. The molecular weight excluding hydrogens is 192 g/mol. The quantitative estimate of drug-likeness (QED) is 0.496. The van der Waals surface area contributed by atoms with E-state index in [4.69, 9.17) is 0 Å². The summed E-state index contributed by atoms with van der Waals surface area (Å²) in [7, 11) is 0. The standard InChI is InChI=1S/C11H24N2O2/c1-3-5-7-13-11(15)9-12-8-6-10(14)4-2/h10,12,14H,3-9H2,1-2H3,(H,13,15). The summed E-state index contributed by atoms with van der Waals surface area (Å²) in [5.74, 6) is 0.0365. The maximum atomic E-state index is 11.2. The molecule has 0 heterocycles. The van der Waals surface area contributed by atoms with Gasteiger partial charge < -0.3 is 15.7 Å². The van der Waals surface area contributed by atoms with Crippen molar-refractivity contribution < 1.29 is 9.90 Å². The summed E-state index contributed by atoms with van der Waals surface area (Å²) in [4.78, 5) is 11.2. The van der Waals surface area contributed by atoms with Crippen LogP contribution in [0.2, 0.25) is 0 Å². The SMILES string of the molecule is CCCCNC(=O)CNCCC(O)CC. The average molecular weight is 216 g/mol. The van der Waals surface area contributed by atoms with Gasteiger partial charge in [0.2, 0.25) is 5.91 Å². The monoisotopic (exact) mass is 216 g/mol.